The zero-order valence-corrected chi connectivity index (χ0v) is 45.3. The second kappa shape index (κ2) is 14.8. The summed E-state index contributed by atoms with van der Waals surface area (Å²) in [5.74, 6) is 1.36. The molecular formula is C41H48O3PS12. The lowest BCUT2D eigenvalue weighted by atomic mass is 9.84. The first-order chi connectivity index (χ1) is 26.4. The normalized spacial score (nSPS) is 23.4. The Hall–Kier alpha value is 2.01. The summed E-state index contributed by atoms with van der Waals surface area (Å²) < 4.78 is 27.6. The Bertz CT molecular complexity index is 2080. The van der Waals surface area contributed by atoms with E-state index in [0.717, 1.165) is 15.1 Å². The van der Waals surface area contributed by atoms with Gasteiger partial charge in [-0.3, -0.25) is 4.57 Å². The van der Waals surface area contributed by atoms with E-state index in [1.165, 1.54) is 71.6 Å². The molecule has 0 aliphatic carbocycles. The number of thioether (sulfide) groups is 12. The van der Waals surface area contributed by atoms with E-state index in [1.807, 2.05) is 155 Å². The zero-order chi connectivity index (χ0) is 41.0. The first kappa shape index (κ1) is 44.2. The van der Waals surface area contributed by atoms with Crippen LogP contribution in [-0.2, 0) is 13.6 Å². The highest BCUT2D eigenvalue weighted by atomic mass is 32.2. The molecule has 0 unspecified atom stereocenters. The molecule has 3 nitrogen and oxygen atoms in total. The Kier molecular flexibility index (Phi) is 11.5. The monoisotopic (exact) mass is 1000 g/mol. The predicted octanol–water partition coefficient (Wildman–Crippen LogP) is 17.2. The van der Waals surface area contributed by atoms with Crippen molar-refractivity contribution in [3.8, 4) is 0 Å². The van der Waals surface area contributed by atoms with Crippen molar-refractivity contribution >= 4 is 154 Å². The molecule has 0 fully saturated rings. The van der Waals surface area contributed by atoms with E-state index >= 15 is 4.57 Å². The highest BCUT2D eigenvalue weighted by Gasteiger charge is 2.53. The van der Waals surface area contributed by atoms with Crippen molar-refractivity contribution in [2.45, 2.75) is 180 Å². The van der Waals surface area contributed by atoms with Gasteiger partial charge in [0.25, 0.3) is 0 Å². The summed E-state index contributed by atoms with van der Waals surface area (Å²) in [6, 6.07) is 5.01. The van der Waals surface area contributed by atoms with Gasteiger partial charge in [-0.2, -0.15) is 0 Å². The van der Waals surface area contributed by atoms with Gasteiger partial charge in [-0.1, -0.05) is 0 Å². The van der Waals surface area contributed by atoms with Crippen LogP contribution in [-0.4, -0.2) is 37.7 Å². The molecule has 0 atom stereocenters. The number of hydrogen-bond donors (Lipinski definition) is 0. The summed E-state index contributed by atoms with van der Waals surface area (Å²) in [5.41, 5.74) is 4.11. The van der Waals surface area contributed by atoms with Crippen molar-refractivity contribution in [2.75, 3.05) is 13.2 Å². The third kappa shape index (κ3) is 7.88. The molecule has 6 aliphatic heterocycles. The summed E-state index contributed by atoms with van der Waals surface area (Å²) in [4.78, 5) is 15.8. The lowest BCUT2D eigenvalue weighted by molar-refractivity contribution is 0.229. The quantitative estimate of drug-likeness (QED) is 0.159. The summed E-state index contributed by atoms with van der Waals surface area (Å²) in [5, 5.41) is 0.784. The van der Waals surface area contributed by atoms with E-state index in [9.17, 15) is 0 Å². The highest BCUT2D eigenvalue weighted by Crippen LogP contribution is 2.74. The topological polar surface area (TPSA) is 35.5 Å². The largest absolute Gasteiger partial charge is 0.363 e. The molecule has 0 amide bonds. The molecule has 57 heavy (non-hydrogen) atoms. The van der Waals surface area contributed by atoms with Gasteiger partial charge in [-0.05, 0) is 126 Å². The van der Waals surface area contributed by atoms with E-state index in [2.05, 4.69) is 95.2 Å². The van der Waals surface area contributed by atoms with Crippen LogP contribution >= 0.6 is 149 Å². The Morgan fingerprint density at radius 2 is 0.667 bits per heavy atom. The molecule has 0 N–H and O–H groups in total. The van der Waals surface area contributed by atoms with Crippen LogP contribution in [0.5, 0.6) is 0 Å². The van der Waals surface area contributed by atoms with Crippen molar-refractivity contribution in [1.29, 1.82) is 0 Å². The van der Waals surface area contributed by atoms with Gasteiger partial charge in [0.15, 0.2) is 0 Å². The van der Waals surface area contributed by atoms with Crippen LogP contribution < -0.4 is 5.30 Å². The molecule has 6 aliphatic rings. The number of benzene rings is 3. The van der Waals surface area contributed by atoms with E-state index < -0.39 is 7.60 Å². The summed E-state index contributed by atoms with van der Waals surface area (Å²) in [6.07, 6.45) is 0. The van der Waals surface area contributed by atoms with Crippen LogP contribution in [0.25, 0.3) is 0 Å². The minimum atomic E-state index is -3.69. The molecule has 3 aromatic rings. The van der Waals surface area contributed by atoms with Crippen molar-refractivity contribution in [3.63, 3.8) is 0 Å². The molecule has 0 spiro atoms. The minimum absolute atomic E-state index is 0.00351. The van der Waals surface area contributed by atoms with Gasteiger partial charge in [0.1, 0.15) is 0 Å². The maximum absolute atomic E-state index is 15.4. The molecule has 0 saturated carbocycles. The average Bonchev–Trinajstić information content (AvgIpc) is 3.84. The van der Waals surface area contributed by atoms with Crippen molar-refractivity contribution < 1.29 is 13.6 Å². The lowest BCUT2D eigenvalue weighted by Crippen LogP contribution is -2.20. The van der Waals surface area contributed by atoms with E-state index in [4.69, 9.17) is 9.05 Å². The molecule has 16 heteroatoms. The Morgan fingerprint density at radius 3 is 0.965 bits per heavy atom. The molecule has 3 aromatic carbocycles. The first-order valence-electron chi connectivity index (χ1n) is 19.1. The van der Waals surface area contributed by atoms with Gasteiger partial charge in [-0.25, -0.2) is 0 Å². The number of hydrogen-bond acceptors (Lipinski definition) is 15. The van der Waals surface area contributed by atoms with Gasteiger partial charge < -0.3 is 9.05 Å². The molecule has 307 valence electrons. The summed E-state index contributed by atoms with van der Waals surface area (Å²) in [7, 11) is -3.69. The third-order valence-corrected chi connectivity index (χ3v) is 28.7. The average molecular weight is 1000 g/mol. The highest BCUT2D eigenvalue weighted by molar-refractivity contribution is 8.23. The lowest BCUT2D eigenvalue weighted by Gasteiger charge is -2.31. The van der Waals surface area contributed by atoms with Crippen LogP contribution in [0.2, 0.25) is 0 Å². The predicted molar refractivity (Wildman–Crippen MR) is 265 cm³/mol. The fourth-order valence-corrected chi connectivity index (χ4v) is 27.9. The molecule has 6 heterocycles. The van der Waals surface area contributed by atoms with Crippen LogP contribution in [0, 0.1) is 5.92 Å². The SMILES string of the molecule is CCOP(=O)(OCC)c1c2c(c([C](c3c4c(cc5c3SC(C)(C)S5)SC(C)(C)S4)c3c4c(cc5c3SC(C)(C)S5)SC(C)(C)S4)c3c1SC(C)(C)S3)SC(C)(C)S2. The van der Waals surface area contributed by atoms with E-state index in [-0.39, 0.29) is 24.5 Å². The van der Waals surface area contributed by atoms with Gasteiger partial charge >= 0.3 is 7.60 Å². The molecule has 1 radical (unpaired) electrons. The van der Waals surface area contributed by atoms with Crippen LogP contribution in [0.4, 0.5) is 0 Å². The number of rotatable bonds is 8. The Morgan fingerprint density at radius 1 is 0.421 bits per heavy atom. The molecule has 9 rings (SSSR count). The van der Waals surface area contributed by atoms with Crippen LogP contribution in [0.3, 0.4) is 0 Å². The Labute approximate surface area is 391 Å². The second-order valence-electron chi connectivity index (χ2n) is 17.2. The van der Waals surface area contributed by atoms with Gasteiger partial charge in [0.05, 0.1) is 48.9 Å². The van der Waals surface area contributed by atoms with Gasteiger partial charge in [0.2, 0.25) is 0 Å². The standard InChI is InChI=1S/C41H48O3PS12/c1-15-43-45(42,44-16-2)27-34-32(54-40(11,12)56-34)26(33-35(27)57-41(13,14)55-33)23(24-28-19(46-36(3,4)50-28)17-20-29(24)51-37(5,6)47-20)25-30-21(48-38(7,8)52-30)18-22-31(25)53-39(9,10)49-22/h17-18H,15-16H2,1-14H3. The van der Waals surface area contributed by atoms with Crippen molar-refractivity contribution in [3.05, 3.63) is 34.7 Å². The summed E-state index contributed by atoms with van der Waals surface area (Å²) in [6.45, 7) is 32.9. The number of fused-ring (bicyclic) bond motifs is 6. The van der Waals surface area contributed by atoms with Gasteiger partial charge in [0, 0.05) is 58.7 Å². The van der Waals surface area contributed by atoms with Crippen molar-refractivity contribution in [2.24, 2.45) is 0 Å². The molecular weight excluding hydrogens is 956 g/mol. The first-order valence-corrected chi connectivity index (χ1v) is 30.4. The maximum atomic E-state index is 15.4. The van der Waals surface area contributed by atoms with E-state index in [1.54, 1.807) is 0 Å². The van der Waals surface area contributed by atoms with Crippen LogP contribution in [0.15, 0.2) is 70.9 Å². The molecule has 0 aromatic heterocycles. The smallest absolute Gasteiger partial charge is 0.305 e. The second-order valence-corrected chi connectivity index (χ2v) is 40.4. The molecule has 0 bridgehead atoms. The maximum Gasteiger partial charge on any atom is 0.363 e. The minimum Gasteiger partial charge on any atom is -0.305 e. The van der Waals surface area contributed by atoms with E-state index in [0.29, 0.717) is 13.2 Å². The fraction of sp³-hybridized carbons (Fsp3) is 0.537. The Balaban J connectivity index is 1.48. The van der Waals surface area contributed by atoms with Crippen molar-refractivity contribution in [1.82, 2.24) is 0 Å². The van der Waals surface area contributed by atoms with Gasteiger partial charge in [-0.15, -0.1) is 141 Å². The fourth-order valence-electron chi connectivity index (χ4n) is 7.90. The summed E-state index contributed by atoms with van der Waals surface area (Å²) >= 11 is 23.8. The van der Waals surface area contributed by atoms with Crippen LogP contribution in [0.1, 0.15) is 114 Å². The molecule has 0 saturated heterocycles. The zero-order valence-electron chi connectivity index (χ0n) is 34.6. The third-order valence-electron chi connectivity index (χ3n) is 9.45.